The monoisotopic (exact) mass is 297 g/mol. The Hall–Kier alpha value is -0.780. The standard InChI is InChI=1S/C11H12BrN3S/c1-7-11(16-6-15-7)10(13)3-8-2-9(12)5-14-4-8/h2,4-6,10H,3,13H2,1H3. The number of halogens is 1. The van der Waals surface area contributed by atoms with E-state index in [2.05, 4.69) is 25.9 Å². The molecule has 0 saturated heterocycles. The van der Waals surface area contributed by atoms with Crippen molar-refractivity contribution in [2.24, 2.45) is 5.73 Å². The van der Waals surface area contributed by atoms with Gasteiger partial charge in [-0.2, -0.15) is 0 Å². The molecule has 2 rings (SSSR count). The second-order valence-corrected chi connectivity index (χ2v) is 5.43. The molecule has 0 radical (unpaired) electrons. The van der Waals surface area contributed by atoms with Gasteiger partial charge in [-0.15, -0.1) is 11.3 Å². The summed E-state index contributed by atoms with van der Waals surface area (Å²) in [7, 11) is 0. The molecule has 1 atom stereocenters. The van der Waals surface area contributed by atoms with Crippen LogP contribution in [0.2, 0.25) is 0 Å². The lowest BCUT2D eigenvalue weighted by atomic mass is 10.1. The highest BCUT2D eigenvalue weighted by Gasteiger charge is 2.12. The quantitative estimate of drug-likeness (QED) is 0.948. The van der Waals surface area contributed by atoms with Gasteiger partial charge in [0.1, 0.15) is 0 Å². The molecule has 2 aromatic rings. The van der Waals surface area contributed by atoms with Crippen LogP contribution in [-0.2, 0) is 6.42 Å². The average molecular weight is 298 g/mol. The maximum Gasteiger partial charge on any atom is 0.0798 e. The number of pyridine rings is 1. The highest BCUT2D eigenvalue weighted by molar-refractivity contribution is 9.10. The molecule has 2 heterocycles. The summed E-state index contributed by atoms with van der Waals surface area (Å²) in [5.41, 5.74) is 10.1. The molecule has 16 heavy (non-hydrogen) atoms. The van der Waals surface area contributed by atoms with E-state index in [-0.39, 0.29) is 6.04 Å². The van der Waals surface area contributed by atoms with E-state index < -0.39 is 0 Å². The Morgan fingerprint density at radius 1 is 1.50 bits per heavy atom. The molecule has 0 spiro atoms. The summed E-state index contributed by atoms with van der Waals surface area (Å²) >= 11 is 5.02. The van der Waals surface area contributed by atoms with Crippen LogP contribution in [0, 0.1) is 6.92 Å². The van der Waals surface area contributed by atoms with E-state index >= 15 is 0 Å². The number of thiazole rings is 1. The Labute approximate surface area is 107 Å². The predicted molar refractivity (Wildman–Crippen MR) is 69.4 cm³/mol. The summed E-state index contributed by atoms with van der Waals surface area (Å²) in [5, 5.41) is 0. The highest BCUT2D eigenvalue weighted by atomic mass is 79.9. The zero-order valence-electron chi connectivity index (χ0n) is 8.85. The van der Waals surface area contributed by atoms with E-state index in [1.807, 2.05) is 24.7 Å². The van der Waals surface area contributed by atoms with E-state index in [0.717, 1.165) is 27.0 Å². The zero-order valence-corrected chi connectivity index (χ0v) is 11.3. The van der Waals surface area contributed by atoms with Crippen LogP contribution in [0.25, 0.3) is 0 Å². The first-order chi connectivity index (χ1) is 7.66. The second kappa shape index (κ2) is 5.03. The van der Waals surface area contributed by atoms with Crippen LogP contribution in [-0.4, -0.2) is 9.97 Å². The molecule has 2 aromatic heterocycles. The van der Waals surface area contributed by atoms with Gasteiger partial charge in [-0.3, -0.25) is 4.98 Å². The number of aromatic nitrogens is 2. The van der Waals surface area contributed by atoms with Gasteiger partial charge in [-0.05, 0) is 40.9 Å². The topological polar surface area (TPSA) is 51.8 Å². The molecule has 0 fully saturated rings. The smallest absolute Gasteiger partial charge is 0.0798 e. The molecule has 0 aliphatic heterocycles. The summed E-state index contributed by atoms with van der Waals surface area (Å²) in [5.74, 6) is 0. The third-order valence-corrected chi connectivity index (χ3v) is 3.83. The van der Waals surface area contributed by atoms with Crippen molar-refractivity contribution in [1.82, 2.24) is 9.97 Å². The minimum atomic E-state index is 0.00333. The third kappa shape index (κ3) is 2.66. The van der Waals surface area contributed by atoms with Crippen molar-refractivity contribution in [2.75, 3.05) is 0 Å². The van der Waals surface area contributed by atoms with Gasteiger partial charge >= 0.3 is 0 Å². The van der Waals surface area contributed by atoms with Crippen LogP contribution in [0.5, 0.6) is 0 Å². The van der Waals surface area contributed by atoms with Crippen molar-refractivity contribution in [2.45, 2.75) is 19.4 Å². The zero-order chi connectivity index (χ0) is 11.5. The van der Waals surface area contributed by atoms with E-state index in [0.29, 0.717) is 0 Å². The lowest BCUT2D eigenvalue weighted by molar-refractivity contribution is 0.726. The molecule has 0 amide bonds. The lowest BCUT2D eigenvalue weighted by Crippen LogP contribution is -2.13. The third-order valence-electron chi connectivity index (χ3n) is 2.34. The van der Waals surface area contributed by atoms with E-state index in [9.17, 15) is 0 Å². The van der Waals surface area contributed by atoms with Gasteiger partial charge in [0.05, 0.1) is 11.2 Å². The first-order valence-corrected chi connectivity index (χ1v) is 6.59. The van der Waals surface area contributed by atoms with Crippen LogP contribution in [0.3, 0.4) is 0 Å². The van der Waals surface area contributed by atoms with Crippen LogP contribution >= 0.6 is 27.3 Å². The van der Waals surface area contributed by atoms with Gasteiger partial charge in [-0.1, -0.05) is 0 Å². The number of nitrogens with zero attached hydrogens (tertiary/aromatic N) is 2. The van der Waals surface area contributed by atoms with Gasteiger partial charge in [0.25, 0.3) is 0 Å². The number of nitrogens with two attached hydrogens (primary N) is 1. The van der Waals surface area contributed by atoms with Crippen LogP contribution in [0.4, 0.5) is 0 Å². The lowest BCUT2D eigenvalue weighted by Gasteiger charge is -2.10. The largest absolute Gasteiger partial charge is 0.323 e. The minimum absolute atomic E-state index is 0.00333. The molecule has 3 nitrogen and oxygen atoms in total. The van der Waals surface area contributed by atoms with Gasteiger partial charge in [0.2, 0.25) is 0 Å². The van der Waals surface area contributed by atoms with Gasteiger partial charge in [-0.25, -0.2) is 4.98 Å². The summed E-state index contributed by atoms with van der Waals surface area (Å²) in [6.45, 7) is 1.99. The van der Waals surface area contributed by atoms with Crippen molar-refractivity contribution in [3.8, 4) is 0 Å². The molecule has 5 heteroatoms. The van der Waals surface area contributed by atoms with Crippen LogP contribution in [0.15, 0.2) is 28.4 Å². The van der Waals surface area contributed by atoms with E-state index in [1.54, 1.807) is 17.5 Å². The molecule has 0 aliphatic carbocycles. The van der Waals surface area contributed by atoms with Crippen molar-refractivity contribution >= 4 is 27.3 Å². The fraction of sp³-hybridized carbons (Fsp3) is 0.273. The molecular weight excluding hydrogens is 286 g/mol. The van der Waals surface area contributed by atoms with Gasteiger partial charge in [0.15, 0.2) is 0 Å². The van der Waals surface area contributed by atoms with Crippen molar-refractivity contribution in [1.29, 1.82) is 0 Å². The predicted octanol–water partition coefficient (Wildman–Crippen LogP) is 2.85. The van der Waals surface area contributed by atoms with Crippen molar-refractivity contribution in [3.63, 3.8) is 0 Å². The summed E-state index contributed by atoms with van der Waals surface area (Å²) < 4.78 is 0.984. The normalized spacial score (nSPS) is 12.7. The molecule has 0 aliphatic rings. The molecule has 1 unspecified atom stereocenters. The number of aryl methyl sites for hydroxylation is 1. The molecule has 2 N–H and O–H groups in total. The van der Waals surface area contributed by atoms with Gasteiger partial charge < -0.3 is 5.73 Å². The highest BCUT2D eigenvalue weighted by Crippen LogP contribution is 2.23. The minimum Gasteiger partial charge on any atom is -0.323 e. The maximum atomic E-state index is 6.15. The average Bonchev–Trinajstić information content (AvgIpc) is 2.64. The molecule has 0 aromatic carbocycles. The van der Waals surface area contributed by atoms with Crippen LogP contribution < -0.4 is 5.73 Å². The first-order valence-electron chi connectivity index (χ1n) is 4.92. The first kappa shape index (κ1) is 11.7. The SMILES string of the molecule is Cc1ncsc1C(N)Cc1cncc(Br)c1. The Kier molecular flexibility index (Phi) is 3.68. The van der Waals surface area contributed by atoms with E-state index in [1.165, 1.54) is 0 Å². The summed E-state index contributed by atoms with van der Waals surface area (Å²) in [6.07, 6.45) is 4.41. The fourth-order valence-corrected chi connectivity index (χ4v) is 2.80. The number of hydrogen-bond donors (Lipinski definition) is 1. The summed E-state index contributed by atoms with van der Waals surface area (Å²) in [6, 6.07) is 2.05. The number of hydrogen-bond acceptors (Lipinski definition) is 4. The molecule has 0 saturated carbocycles. The Morgan fingerprint density at radius 3 is 2.94 bits per heavy atom. The summed E-state index contributed by atoms with van der Waals surface area (Å²) in [4.78, 5) is 9.49. The molecule has 0 bridgehead atoms. The van der Waals surface area contributed by atoms with Crippen molar-refractivity contribution in [3.05, 3.63) is 44.6 Å². The number of rotatable bonds is 3. The fourth-order valence-electron chi connectivity index (χ4n) is 1.58. The van der Waals surface area contributed by atoms with E-state index in [4.69, 9.17) is 5.73 Å². The maximum absolute atomic E-state index is 6.15. The Balaban J connectivity index is 2.14. The Morgan fingerprint density at radius 2 is 2.31 bits per heavy atom. The Bertz CT molecular complexity index is 484. The van der Waals surface area contributed by atoms with Crippen molar-refractivity contribution < 1.29 is 0 Å². The molecular formula is C11H12BrN3S. The molecule has 84 valence electrons. The second-order valence-electron chi connectivity index (χ2n) is 3.62. The van der Waals surface area contributed by atoms with Gasteiger partial charge in [0, 0.05) is 27.8 Å². The van der Waals surface area contributed by atoms with Crippen LogP contribution in [0.1, 0.15) is 22.2 Å².